The van der Waals surface area contributed by atoms with Gasteiger partial charge in [-0.1, -0.05) is 12.1 Å². The van der Waals surface area contributed by atoms with E-state index in [4.69, 9.17) is 0 Å². The van der Waals surface area contributed by atoms with Crippen LogP contribution in [-0.4, -0.2) is 53.9 Å². The Morgan fingerprint density at radius 2 is 1.87 bits per heavy atom. The van der Waals surface area contributed by atoms with Crippen LogP contribution < -0.4 is 5.32 Å². The zero-order valence-corrected chi connectivity index (χ0v) is 13.6. The average molecular weight is 310 g/mol. The van der Waals surface area contributed by atoms with Gasteiger partial charge >= 0.3 is 0 Å². The molecule has 0 unspecified atom stereocenters. The van der Waals surface area contributed by atoms with E-state index in [2.05, 4.69) is 41.3 Å². The minimum atomic E-state index is 0.0542. The largest absolute Gasteiger partial charge is 0.354 e. The number of piperazine rings is 1. The van der Waals surface area contributed by atoms with E-state index in [1.54, 1.807) is 12.4 Å². The molecule has 1 aromatic carbocycles. The maximum atomic E-state index is 12.6. The van der Waals surface area contributed by atoms with E-state index in [-0.39, 0.29) is 5.91 Å². The van der Waals surface area contributed by atoms with E-state index in [9.17, 15) is 4.79 Å². The van der Waals surface area contributed by atoms with Crippen molar-refractivity contribution in [1.82, 2.24) is 14.8 Å². The number of aromatic nitrogens is 1. The molecule has 1 saturated heterocycles. The molecule has 1 amide bonds. The van der Waals surface area contributed by atoms with E-state index in [1.807, 2.05) is 23.1 Å². The van der Waals surface area contributed by atoms with E-state index in [1.165, 1.54) is 5.56 Å². The Morgan fingerprint density at radius 3 is 2.61 bits per heavy atom. The highest BCUT2D eigenvalue weighted by molar-refractivity contribution is 5.95. The summed E-state index contributed by atoms with van der Waals surface area (Å²) in [5.41, 5.74) is 3.64. The van der Waals surface area contributed by atoms with Gasteiger partial charge < -0.3 is 15.1 Å². The minimum absolute atomic E-state index is 0.0542. The first-order valence-electron chi connectivity index (χ1n) is 7.88. The molecule has 1 fully saturated rings. The molecule has 1 N–H and O–H groups in total. The fourth-order valence-electron chi connectivity index (χ4n) is 2.71. The highest BCUT2D eigenvalue weighted by atomic mass is 16.2. The van der Waals surface area contributed by atoms with Crippen LogP contribution >= 0.6 is 0 Å². The molecule has 1 aliphatic rings. The number of nitrogens with one attached hydrogen (secondary N) is 1. The van der Waals surface area contributed by atoms with E-state index < -0.39 is 0 Å². The molecule has 3 rings (SSSR count). The van der Waals surface area contributed by atoms with Crippen molar-refractivity contribution in [3.63, 3.8) is 0 Å². The summed E-state index contributed by atoms with van der Waals surface area (Å²) in [6.07, 6.45) is 3.38. The Morgan fingerprint density at radius 1 is 1.09 bits per heavy atom. The Bertz CT molecular complexity index is 693. The molecule has 0 radical (unpaired) electrons. The second kappa shape index (κ2) is 6.79. The molecule has 120 valence electrons. The number of nitrogens with zero attached hydrogens (tertiary/aromatic N) is 3. The Balaban J connectivity index is 1.73. The van der Waals surface area contributed by atoms with Crippen LogP contribution in [0.15, 0.2) is 42.7 Å². The molecular weight excluding hydrogens is 288 g/mol. The summed E-state index contributed by atoms with van der Waals surface area (Å²) in [6, 6.07) is 9.99. The smallest absolute Gasteiger partial charge is 0.255 e. The van der Waals surface area contributed by atoms with Gasteiger partial charge in [0.25, 0.3) is 5.91 Å². The number of amides is 1. The van der Waals surface area contributed by atoms with Crippen molar-refractivity contribution >= 4 is 17.3 Å². The second-order valence-corrected chi connectivity index (χ2v) is 6.05. The number of carbonyl (C=O) groups excluding carboxylic acids is 1. The third-order valence-electron chi connectivity index (χ3n) is 4.08. The van der Waals surface area contributed by atoms with Crippen LogP contribution in [0.1, 0.15) is 15.9 Å². The number of rotatable bonds is 3. The lowest BCUT2D eigenvalue weighted by Crippen LogP contribution is -2.47. The number of likely N-dealkylation sites (N-methyl/N-ethyl adjacent to an activating group) is 1. The summed E-state index contributed by atoms with van der Waals surface area (Å²) in [4.78, 5) is 20.9. The first kappa shape index (κ1) is 15.5. The predicted octanol–water partition coefficient (Wildman–Crippen LogP) is 2.52. The normalized spacial score (nSPS) is 15.5. The molecule has 5 heteroatoms. The van der Waals surface area contributed by atoms with Crippen LogP contribution in [0.4, 0.5) is 11.4 Å². The fourth-order valence-corrected chi connectivity index (χ4v) is 2.71. The molecule has 0 bridgehead atoms. The third-order valence-corrected chi connectivity index (χ3v) is 4.08. The number of carbonyl (C=O) groups is 1. The highest BCUT2D eigenvalue weighted by Crippen LogP contribution is 2.18. The lowest BCUT2D eigenvalue weighted by atomic mass is 10.2. The van der Waals surface area contributed by atoms with Crippen molar-refractivity contribution in [3.8, 4) is 0 Å². The molecule has 0 aliphatic carbocycles. The topological polar surface area (TPSA) is 48.5 Å². The van der Waals surface area contributed by atoms with Gasteiger partial charge in [-0.15, -0.1) is 0 Å². The number of hydrogen-bond acceptors (Lipinski definition) is 4. The molecule has 1 aliphatic heterocycles. The second-order valence-electron chi connectivity index (χ2n) is 6.05. The van der Waals surface area contributed by atoms with Gasteiger partial charge in [0.1, 0.15) is 0 Å². The Kier molecular flexibility index (Phi) is 4.57. The van der Waals surface area contributed by atoms with Gasteiger partial charge in [-0.25, -0.2) is 0 Å². The van der Waals surface area contributed by atoms with Crippen LogP contribution in [-0.2, 0) is 0 Å². The van der Waals surface area contributed by atoms with Crippen LogP contribution in [0.2, 0.25) is 0 Å². The quantitative estimate of drug-likeness (QED) is 0.946. The minimum Gasteiger partial charge on any atom is -0.354 e. The maximum absolute atomic E-state index is 12.6. The first-order valence-corrected chi connectivity index (χ1v) is 7.88. The van der Waals surface area contributed by atoms with Gasteiger partial charge in [-0.3, -0.25) is 9.78 Å². The molecule has 2 aromatic rings. The summed E-state index contributed by atoms with van der Waals surface area (Å²) >= 11 is 0. The molecule has 23 heavy (non-hydrogen) atoms. The Hall–Kier alpha value is -2.40. The van der Waals surface area contributed by atoms with Gasteiger partial charge in [-0.2, -0.15) is 0 Å². The molecule has 1 aromatic heterocycles. The Labute approximate surface area is 136 Å². The lowest BCUT2D eigenvalue weighted by Gasteiger charge is -2.32. The van der Waals surface area contributed by atoms with Gasteiger partial charge in [0, 0.05) is 38.1 Å². The molecule has 2 heterocycles. The summed E-state index contributed by atoms with van der Waals surface area (Å²) in [6.45, 7) is 5.42. The zero-order valence-electron chi connectivity index (χ0n) is 13.6. The van der Waals surface area contributed by atoms with Crippen molar-refractivity contribution in [2.24, 2.45) is 0 Å². The van der Waals surface area contributed by atoms with Gasteiger partial charge in [0.05, 0.1) is 17.4 Å². The monoisotopic (exact) mass is 310 g/mol. The van der Waals surface area contributed by atoms with E-state index in [0.29, 0.717) is 5.56 Å². The van der Waals surface area contributed by atoms with Gasteiger partial charge in [0.15, 0.2) is 0 Å². The summed E-state index contributed by atoms with van der Waals surface area (Å²) in [5, 5.41) is 3.31. The zero-order chi connectivity index (χ0) is 16.2. The van der Waals surface area contributed by atoms with Crippen LogP contribution in [0.25, 0.3) is 0 Å². The van der Waals surface area contributed by atoms with Crippen molar-refractivity contribution < 1.29 is 4.79 Å². The van der Waals surface area contributed by atoms with E-state index in [0.717, 1.165) is 37.6 Å². The third kappa shape index (κ3) is 3.87. The summed E-state index contributed by atoms with van der Waals surface area (Å²) < 4.78 is 0. The predicted molar refractivity (Wildman–Crippen MR) is 92.1 cm³/mol. The standard InChI is InChI=1S/C18H22N4O/c1-14-4-3-5-16(10-14)20-17-11-15(12-19-13-17)18(23)22-8-6-21(2)7-9-22/h3-5,10-13,20H,6-9H2,1-2H3. The number of pyridine rings is 1. The van der Waals surface area contributed by atoms with Crippen LogP contribution in [0.3, 0.4) is 0 Å². The van der Waals surface area contributed by atoms with Crippen LogP contribution in [0, 0.1) is 6.92 Å². The van der Waals surface area contributed by atoms with E-state index >= 15 is 0 Å². The number of anilines is 2. The number of benzene rings is 1. The number of hydrogen-bond donors (Lipinski definition) is 1. The highest BCUT2D eigenvalue weighted by Gasteiger charge is 2.20. The molecule has 0 spiro atoms. The summed E-state index contributed by atoms with van der Waals surface area (Å²) in [5.74, 6) is 0.0542. The van der Waals surface area contributed by atoms with Gasteiger partial charge in [-0.05, 0) is 37.7 Å². The number of aryl methyl sites for hydroxylation is 1. The first-order chi connectivity index (χ1) is 11.1. The molecule has 0 saturated carbocycles. The van der Waals surface area contributed by atoms with Gasteiger partial charge in [0.2, 0.25) is 0 Å². The van der Waals surface area contributed by atoms with Crippen molar-refractivity contribution in [3.05, 3.63) is 53.9 Å². The molecular formula is C18H22N4O. The van der Waals surface area contributed by atoms with Crippen molar-refractivity contribution in [2.45, 2.75) is 6.92 Å². The lowest BCUT2D eigenvalue weighted by molar-refractivity contribution is 0.0663. The SMILES string of the molecule is Cc1cccc(Nc2cncc(C(=O)N3CCN(C)CC3)c2)c1. The average Bonchev–Trinajstić information content (AvgIpc) is 2.55. The van der Waals surface area contributed by atoms with Crippen LogP contribution in [0.5, 0.6) is 0 Å². The van der Waals surface area contributed by atoms with Crippen molar-refractivity contribution in [1.29, 1.82) is 0 Å². The molecule has 5 nitrogen and oxygen atoms in total. The van der Waals surface area contributed by atoms with Crippen molar-refractivity contribution in [2.75, 3.05) is 38.5 Å². The summed E-state index contributed by atoms with van der Waals surface area (Å²) in [7, 11) is 2.08. The fraction of sp³-hybridized carbons (Fsp3) is 0.333. The maximum Gasteiger partial charge on any atom is 0.255 e. The molecule has 0 atom stereocenters.